The molecule has 0 amide bonds. The lowest BCUT2D eigenvalue weighted by molar-refractivity contribution is -0.000451. The van der Waals surface area contributed by atoms with E-state index in [0.717, 1.165) is 0 Å². The van der Waals surface area contributed by atoms with Crippen LogP contribution in [-0.2, 0) is 10.0 Å². The normalized spacial score (nSPS) is 13.9. The summed E-state index contributed by atoms with van der Waals surface area (Å²) in [4.78, 5) is -0.104. The van der Waals surface area contributed by atoms with Crippen molar-refractivity contribution in [1.82, 2.24) is 4.72 Å². The van der Waals surface area contributed by atoms with Gasteiger partial charge in [0.2, 0.25) is 10.0 Å². The Bertz CT molecular complexity index is 462. The van der Waals surface area contributed by atoms with Gasteiger partial charge in [0.25, 0.3) is 6.43 Å². The maximum atomic E-state index is 12.0. The molecule has 0 aliphatic heterocycles. The predicted molar refractivity (Wildman–Crippen MR) is 58.1 cm³/mol. The topological polar surface area (TPSA) is 92.4 Å². The number of hydrogen-bond acceptors (Lipinski definition) is 4. The molecule has 0 bridgehead atoms. The van der Waals surface area contributed by atoms with Gasteiger partial charge in [-0.3, -0.25) is 0 Å². The van der Waals surface area contributed by atoms with Crippen LogP contribution in [-0.4, -0.2) is 32.6 Å². The minimum absolute atomic E-state index is 0.104. The van der Waals surface area contributed by atoms with Crippen LogP contribution in [0.5, 0.6) is 0 Å². The van der Waals surface area contributed by atoms with E-state index in [4.69, 9.17) is 10.8 Å². The first-order valence-electron chi connectivity index (χ1n) is 4.64. The van der Waals surface area contributed by atoms with Gasteiger partial charge in [-0.15, -0.1) is 0 Å². The van der Waals surface area contributed by atoms with Gasteiger partial charge < -0.3 is 10.8 Å². The van der Waals surface area contributed by atoms with Crippen LogP contribution < -0.4 is 10.5 Å². The van der Waals surface area contributed by atoms with E-state index in [2.05, 4.69) is 0 Å². The van der Waals surface area contributed by atoms with E-state index in [1.807, 2.05) is 4.72 Å². The van der Waals surface area contributed by atoms with Gasteiger partial charge in [0.15, 0.2) is 0 Å². The highest BCUT2D eigenvalue weighted by Gasteiger charge is 2.20. The Labute approximate surface area is 97.3 Å². The molecule has 0 saturated carbocycles. The number of alkyl halides is 2. The highest BCUT2D eigenvalue weighted by Crippen LogP contribution is 2.11. The fourth-order valence-electron chi connectivity index (χ4n) is 1.01. The summed E-state index contributed by atoms with van der Waals surface area (Å²) in [7, 11) is -3.90. The monoisotopic (exact) mass is 266 g/mol. The summed E-state index contributed by atoms with van der Waals surface area (Å²) in [6, 6.07) is 5.23. The molecule has 1 aromatic rings. The zero-order chi connectivity index (χ0) is 13.1. The maximum absolute atomic E-state index is 12.0. The van der Waals surface area contributed by atoms with Gasteiger partial charge in [0, 0.05) is 12.2 Å². The molecule has 0 aromatic heterocycles. The van der Waals surface area contributed by atoms with Gasteiger partial charge in [-0.2, -0.15) is 0 Å². The first kappa shape index (κ1) is 13.8. The number of aliphatic hydroxyl groups is 1. The van der Waals surface area contributed by atoms with Crippen LogP contribution in [0.25, 0.3) is 0 Å². The van der Waals surface area contributed by atoms with Crippen molar-refractivity contribution in [1.29, 1.82) is 0 Å². The average Bonchev–Trinajstić information content (AvgIpc) is 2.26. The summed E-state index contributed by atoms with van der Waals surface area (Å²) in [5.41, 5.74) is 5.76. The minimum atomic E-state index is -3.90. The van der Waals surface area contributed by atoms with Crippen molar-refractivity contribution in [3.63, 3.8) is 0 Å². The third-order valence-corrected chi connectivity index (χ3v) is 3.40. The molecule has 8 heteroatoms. The second-order valence-corrected chi connectivity index (χ2v) is 5.09. The molecule has 4 N–H and O–H groups in total. The standard InChI is InChI=1S/C9H12F2N2O3S/c10-9(11)8(14)5-13-17(15,16)7-3-1-6(12)2-4-7/h1-4,8-9,13-14H,5,12H2. The largest absolute Gasteiger partial charge is 0.399 e. The van der Waals surface area contributed by atoms with Crippen LogP contribution in [0.15, 0.2) is 29.2 Å². The molecular formula is C9H12F2N2O3S. The smallest absolute Gasteiger partial charge is 0.265 e. The molecule has 0 radical (unpaired) electrons. The van der Waals surface area contributed by atoms with E-state index in [0.29, 0.717) is 5.69 Å². The van der Waals surface area contributed by atoms with Gasteiger partial charge in [0.1, 0.15) is 6.10 Å². The number of aliphatic hydroxyl groups excluding tert-OH is 1. The Morgan fingerprint density at radius 1 is 1.29 bits per heavy atom. The number of halogens is 2. The van der Waals surface area contributed by atoms with Crippen LogP contribution in [0.2, 0.25) is 0 Å². The maximum Gasteiger partial charge on any atom is 0.265 e. The molecular weight excluding hydrogens is 254 g/mol. The number of rotatable bonds is 5. The summed E-state index contributed by atoms with van der Waals surface area (Å²) >= 11 is 0. The number of sulfonamides is 1. The number of nitrogen functional groups attached to an aromatic ring is 1. The molecule has 0 aliphatic rings. The molecule has 96 valence electrons. The molecule has 0 heterocycles. The highest BCUT2D eigenvalue weighted by molar-refractivity contribution is 7.89. The Morgan fingerprint density at radius 2 is 1.82 bits per heavy atom. The fraction of sp³-hybridized carbons (Fsp3) is 0.333. The Hall–Kier alpha value is -1.25. The summed E-state index contributed by atoms with van der Waals surface area (Å²) in [6.45, 7) is -0.746. The van der Waals surface area contributed by atoms with Crippen LogP contribution in [0.1, 0.15) is 0 Å². The van der Waals surface area contributed by atoms with Gasteiger partial charge in [0.05, 0.1) is 4.90 Å². The summed E-state index contributed by atoms with van der Waals surface area (Å²) < 4.78 is 48.9. The molecule has 5 nitrogen and oxygen atoms in total. The molecule has 0 aliphatic carbocycles. The zero-order valence-electron chi connectivity index (χ0n) is 8.68. The van der Waals surface area contributed by atoms with Crippen molar-refractivity contribution in [2.45, 2.75) is 17.4 Å². The molecule has 1 rings (SSSR count). The second-order valence-electron chi connectivity index (χ2n) is 3.32. The first-order chi connectivity index (χ1) is 7.83. The van der Waals surface area contributed by atoms with Crippen molar-refractivity contribution in [2.75, 3.05) is 12.3 Å². The Morgan fingerprint density at radius 3 is 2.29 bits per heavy atom. The van der Waals surface area contributed by atoms with Crippen LogP contribution in [0.4, 0.5) is 14.5 Å². The summed E-state index contributed by atoms with van der Waals surface area (Å²) in [5.74, 6) is 0. The van der Waals surface area contributed by atoms with E-state index in [1.165, 1.54) is 24.3 Å². The Kier molecular flexibility index (Phi) is 4.38. The van der Waals surface area contributed by atoms with E-state index < -0.39 is 29.1 Å². The molecule has 0 spiro atoms. The highest BCUT2D eigenvalue weighted by atomic mass is 32.2. The molecule has 1 atom stereocenters. The van der Waals surface area contributed by atoms with Crippen molar-refractivity contribution in [3.8, 4) is 0 Å². The lowest BCUT2D eigenvalue weighted by atomic mass is 10.3. The van der Waals surface area contributed by atoms with Crippen LogP contribution in [0.3, 0.4) is 0 Å². The number of nitrogens with one attached hydrogen (secondary N) is 1. The minimum Gasteiger partial charge on any atom is -0.399 e. The second kappa shape index (κ2) is 5.39. The summed E-state index contributed by atoms with van der Waals surface area (Å²) in [5, 5.41) is 8.78. The first-order valence-corrected chi connectivity index (χ1v) is 6.12. The van der Waals surface area contributed by atoms with E-state index in [-0.39, 0.29) is 4.90 Å². The van der Waals surface area contributed by atoms with E-state index in [9.17, 15) is 17.2 Å². The van der Waals surface area contributed by atoms with Gasteiger partial charge in [-0.1, -0.05) is 0 Å². The third-order valence-electron chi connectivity index (χ3n) is 1.96. The average molecular weight is 266 g/mol. The van der Waals surface area contributed by atoms with Crippen molar-refractivity contribution in [3.05, 3.63) is 24.3 Å². The SMILES string of the molecule is Nc1ccc(S(=O)(=O)NCC(O)C(F)F)cc1. The van der Waals surface area contributed by atoms with Gasteiger partial charge in [-0.05, 0) is 24.3 Å². The molecule has 1 aromatic carbocycles. The number of anilines is 1. The van der Waals surface area contributed by atoms with Crippen molar-refractivity contribution < 1.29 is 22.3 Å². The molecule has 17 heavy (non-hydrogen) atoms. The number of benzene rings is 1. The van der Waals surface area contributed by atoms with Crippen LogP contribution in [0, 0.1) is 0 Å². The molecule has 1 unspecified atom stereocenters. The molecule has 0 saturated heterocycles. The van der Waals surface area contributed by atoms with Crippen molar-refractivity contribution >= 4 is 15.7 Å². The predicted octanol–water partition coefficient (Wildman–Crippen LogP) is 0.173. The quantitative estimate of drug-likeness (QED) is 0.662. The molecule has 0 fully saturated rings. The van der Waals surface area contributed by atoms with Gasteiger partial charge in [-0.25, -0.2) is 21.9 Å². The number of hydrogen-bond donors (Lipinski definition) is 3. The van der Waals surface area contributed by atoms with Gasteiger partial charge >= 0.3 is 0 Å². The Balaban J connectivity index is 2.72. The fourth-order valence-corrected chi connectivity index (χ4v) is 2.07. The van der Waals surface area contributed by atoms with Crippen molar-refractivity contribution in [2.24, 2.45) is 0 Å². The zero-order valence-corrected chi connectivity index (χ0v) is 9.49. The lowest BCUT2D eigenvalue weighted by Gasteiger charge is -2.11. The van der Waals surface area contributed by atoms with E-state index >= 15 is 0 Å². The van der Waals surface area contributed by atoms with E-state index in [1.54, 1.807) is 0 Å². The third kappa shape index (κ3) is 3.91. The lowest BCUT2D eigenvalue weighted by Crippen LogP contribution is -2.35. The number of nitrogens with two attached hydrogens (primary N) is 1. The van der Waals surface area contributed by atoms with Crippen LogP contribution >= 0.6 is 0 Å². The summed E-state index contributed by atoms with van der Waals surface area (Å²) in [6.07, 6.45) is -5.03.